The minimum atomic E-state index is -0.200. The average molecular weight is 356 g/mol. The summed E-state index contributed by atoms with van der Waals surface area (Å²) in [4.78, 5) is 4.57. The van der Waals surface area contributed by atoms with Crippen LogP contribution in [0, 0.1) is 5.82 Å². The second kappa shape index (κ2) is 7.58. The average Bonchev–Trinajstić information content (AvgIpc) is 3.09. The molecule has 0 amide bonds. The van der Waals surface area contributed by atoms with Crippen LogP contribution in [0.4, 0.5) is 10.1 Å². The Morgan fingerprint density at radius 1 is 0.926 bits per heavy atom. The van der Waals surface area contributed by atoms with Gasteiger partial charge in [-0.25, -0.2) is 4.39 Å². The maximum absolute atomic E-state index is 13.4. The van der Waals surface area contributed by atoms with Gasteiger partial charge in [-0.2, -0.15) is 0 Å². The molecule has 0 N–H and O–H groups in total. The summed E-state index contributed by atoms with van der Waals surface area (Å²) in [7, 11) is 0. The summed E-state index contributed by atoms with van der Waals surface area (Å²) < 4.78 is 15.5. The van der Waals surface area contributed by atoms with Gasteiger partial charge in [0.1, 0.15) is 5.82 Å². The molecule has 3 aromatic carbocycles. The van der Waals surface area contributed by atoms with Crippen LogP contribution in [0.15, 0.2) is 84.0 Å². The molecule has 0 aliphatic carbocycles. The number of fused-ring (bicyclic) bond motifs is 1. The first-order valence-corrected chi connectivity index (χ1v) is 9.17. The topological polar surface area (TPSA) is 17.3 Å². The SMILES string of the molecule is CCc1ccc(N=Cc2ccc3c(ccn3Cc3cccc(F)c3)c2)cc1. The van der Waals surface area contributed by atoms with Crippen molar-refractivity contribution in [1.82, 2.24) is 4.57 Å². The van der Waals surface area contributed by atoms with Crippen molar-refractivity contribution in [3.05, 3.63) is 102 Å². The molecule has 0 fully saturated rings. The van der Waals surface area contributed by atoms with Gasteiger partial charge in [0.15, 0.2) is 0 Å². The van der Waals surface area contributed by atoms with E-state index in [9.17, 15) is 4.39 Å². The van der Waals surface area contributed by atoms with E-state index in [-0.39, 0.29) is 5.82 Å². The Balaban J connectivity index is 1.55. The molecule has 0 bridgehead atoms. The van der Waals surface area contributed by atoms with Crippen LogP contribution in [0.1, 0.15) is 23.6 Å². The Morgan fingerprint density at radius 3 is 2.56 bits per heavy atom. The van der Waals surface area contributed by atoms with Crippen molar-refractivity contribution < 1.29 is 4.39 Å². The predicted molar refractivity (Wildman–Crippen MR) is 111 cm³/mol. The number of aromatic nitrogens is 1. The molecule has 134 valence electrons. The van der Waals surface area contributed by atoms with E-state index >= 15 is 0 Å². The van der Waals surface area contributed by atoms with Gasteiger partial charge in [-0.15, -0.1) is 0 Å². The monoisotopic (exact) mass is 356 g/mol. The predicted octanol–water partition coefficient (Wildman–Crippen LogP) is 6.14. The molecule has 0 saturated carbocycles. The molecule has 0 aliphatic rings. The lowest BCUT2D eigenvalue weighted by Gasteiger charge is -2.06. The van der Waals surface area contributed by atoms with E-state index in [4.69, 9.17) is 0 Å². The van der Waals surface area contributed by atoms with Gasteiger partial charge in [-0.3, -0.25) is 4.99 Å². The highest BCUT2D eigenvalue weighted by Gasteiger charge is 2.03. The number of aliphatic imine (C=N–C) groups is 1. The van der Waals surface area contributed by atoms with E-state index in [2.05, 4.69) is 52.9 Å². The van der Waals surface area contributed by atoms with Crippen LogP contribution in [0.2, 0.25) is 0 Å². The number of benzene rings is 3. The fraction of sp³-hybridized carbons (Fsp3) is 0.125. The zero-order valence-electron chi connectivity index (χ0n) is 15.3. The van der Waals surface area contributed by atoms with E-state index in [1.54, 1.807) is 12.1 Å². The summed E-state index contributed by atoms with van der Waals surface area (Å²) in [6.45, 7) is 2.80. The largest absolute Gasteiger partial charge is 0.343 e. The molecule has 0 spiro atoms. The summed E-state index contributed by atoms with van der Waals surface area (Å²) in [5.74, 6) is -0.200. The van der Waals surface area contributed by atoms with Crippen molar-refractivity contribution in [2.75, 3.05) is 0 Å². The van der Waals surface area contributed by atoms with E-state index in [0.29, 0.717) is 6.54 Å². The molecule has 0 aliphatic heterocycles. The van der Waals surface area contributed by atoms with Gasteiger partial charge in [0, 0.05) is 29.9 Å². The van der Waals surface area contributed by atoms with Crippen LogP contribution < -0.4 is 0 Å². The minimum absolute atomic E-state index is 0.200. The molecule has 0 saturated heterocycles. The Labute approximate surface area is 158 Å². The Hall–Kier alpha value is -3.20. The van der Waals surface area contributed by atoms with E-state index in [0.717, 1.165) is 34.1 Å². The van der Waals surface area contributed by atoms with Crippen molar-refractivity contribution in [2.45, 2.75) is 19.9 Å². The van der Waals surface area contributed by atoms with Gasteiger partial charge in [-0.1, -0.05) is 37.3 Å². The van der Waals surface area contributed by atoms with Crippen LogP contribution in [0.3, 0.4) is 0 Å². The van der Waals surface area contributed by atoms with Gasteiger partial charge < -0.3 is 4.57 Å². The van der Waals surface area contributed by atoms with Crippen LogP contribution in [-0.4, -0.2) is 10.8 Å². The van der Waals surface area contributed by atoms with Crippen LogP contribution in [0.25, 0.3) is 10.9 Å². The first-order valence-electron chi connectivity index (χ1n) is 9.17. The molecule has 4 aromatic rings. The van der Waals surface area contributed by atoms with Crippen LogP contribution in [-0.2, 0) is 13.0 Å². The van der Waals surface area contributed by atoms with Gasteiger partial charge in [-0.05, 0) is 65.6 Å². The van der Waals surface area contributed by atoms with Gasteiger partial charge >= 0.3 is 0 Å². The highest BCUT2D eigenvalue weighted by molar-refractivity contribution is 5.90. The van der Waals surface area contributed by atoms with Gasteiger partial charge in [0.2, 0.25) is 0 Å². The third kappa shape index (κ3) is 3.98. The highest BCUT2D eigenvalue weighted by atomic mass is 19.1. The lowest BCUT2D eigenvalue weighted by Crippen LogP contribution is -1.98. The molecule has 2 nitrogen and oxygen atoms in total. The molecule has 0 radical (unpaired) electrons. The summed E-state index contributed by atoms with van der Waals surface area (Å²) in [6, 6.07) is 23.4. The second-order valence-corrected chi connectivity index (χ2v) is 6.67. The quantitative estimate of drug-likeness (QED) is 0.382. The Bertz CT molecular complexity index is 1090. The molecule has 0 unspecified atom stereocenters. The number of hydrogen-bond acceptors (Lipinski definition) is 1. The fourth-order valence-electron chi connectivity index (χ4n) is 3.24. The normalized spacial score (nSPS) is 11.5. The fourth-order valence-corrected chi connectivity index (χ4v) is 3.24. The molecule has 1 heterocycles. The maximum atomic E-state index is 13.4. The van der Waals surface area contributed by atoms with Crippen LogP contribution >= 0.6 is 0 Å². The van der Waals surface area contributed by atoms with Gasteiger partial charge in [0.05, 0.1) is 5.69 Å². The van der Waals surface area contributed by atoms with Crippen molar-refractivity contribution in [3.8, 4) is 0 Å². The standard InChI is InChI=1S/C24H21FN2/c1-2-18-6-9-23(10-7-18)26-16-19-8-11-24-21(14-19)12-13-27(24)17-20-4-3-5-22(25)15-20/h3-16H,2,17H2,1H3. The molecule has 27 heavy (non-hydrogen) atoms. The van der Waals surface area contributed by atoms with Crippen molar-refractivity contribution in [2.24, 2.45) is 4.99 Å². The van der Waals surface area contributed by atoms with Crippen molar-refractivity contribution in [1.29, 1.82) is 0 Å². The van der Waals surface area contributed by atoms with E-state index in [1.807, 2.05) is 30.6 Å². The lowest BCUT2D eigenvalue weighted by molar-refractivity contribution is 0.624. The third-order valence-corrected chi connectivity index (χ3v) is 4.74. The number of aryl methyl sites for hydroxylation is 1. The summed E-state index contributed by atoms with van der Waals surface area (Å²) in [6.07, 6.45) is 4.97. The number of nitrogens with zero attached hydrogens (tertiary/aromatic N) is 2. The molecule has 3 heteroatoms. The summed E-state index contributed by atoms with van der Waals surface area (Å²) in [5, 5.41) is 1.15. The molecule has 1 aromatic heterocycles. The van der Waals surface area contributed by atoms with E-state index in [1.165, 1.54) is 11.6 Å². The van der Waals surface area contributed by atoms with Crippen LogP contribution in [0.5, 0.6) is 0 Å². The summed E-state index contributed by atoms with van der Waals surface area (Å²) in [5.41, 5.74) is 5.41. The number of hydrogen-bond donors (Lipinski definition) is 0. The first-order chi connectivity index (χ1) is 13.2. The third-order valence-electron chi connectivity index (χ3n) is 4.74. The maximum Gasteiger partial charge on any atom is 0.123 e. The summed E-state index contributed by atoms with van der Waals surface area (Å²) >= 11 is 0. The zero-order valence-corrected chi connectivity index (χ0v) is 15.3. The zero-order chi connectivity index (χ0) is 18.6. The molecular weight excluding hydrogens is 335 g/mol. The van der Waals surface area contributed by atoms with Gasteiger partial charge in [0.25, 0.3) is 0 Å². The Morgan fingerprint density at radius 2 is 1.78 bits per heavy atom. The number of halogens is 1. The second-order valence-electron chi connectivity index (χ2n) is 6.67. The Kier molecular flexibility index (Phi) is 4.84. The molecule has 0 atom stereocenters. The molecular formula is C24H21FN2. The number of rotatable bonds is 5. The molecule has 4 rings (SSSR count). The van der Waals surface area contributed by atoms with Crippen molar-refractivity contribution in [3.63, 3.8) is 0 Å². The minimum Gasteiger partial charge on any atom is -0.343 e. The highest BCUT2D eigenvalue weighted by Crippen LogP contribution is 2.20. The van der Waals surface area contributed by atoms with Crippen molar-refractivity contribution >= 4 is 22.8 Å². The first kappa shape index (κ1) is 17.2. The lowest BCUT2D eigenvalue weighted by atomic mass is 10.1. The van der Waals surface area contributed by atoms with E-state index < -0.39 is 0 Å². The smallest absolute Gasteiger partial charge is 0.123 e.